The summed E-state index contributed by atoms with van der Waals surface area (Å²) in [5, 5.41) is 1.96. The lowest BCUT2D eigenvalue weighted by Gasteiger charge is -2.27. The molecule has 0 saturated heterocycles. The lowest BCUT2D eigenvalue weighted by Crippen LogP contribution is -2.44. The van der Waals surface area contributed by atoms with Gasteiger partial charge in [-0.15, -0.1) is 11.3 Å². The summed E-state index contributed by atoms with van der Waals surface area (Å²) < 4.78 is 43.6. The highest BCUT2D eigenvalue weighted by atomic mass is 32.2. The van der Waals surface area contributed by atoms with Crippen molar-refractivity contribution in [3.05, 3.63) is 76.5 Å². The molecule has 0 atom stereocenters. The largest absolute Gasteiger partial charge is 0.493 e. The third-order valence-electron chi connectivity index (χ3n) is 5.64. The number of thiophene rings is 1. The van der Waals surface area contributed by atoms with Gasteiger partial charge in [0, 0.05) is 25.1 Å². The first-order valence-electron chi connectivity index (χ1n) is 11.4. The van der Waals surface area contributed by atoms with E-state index in [4.69, 9.17) is 14.2 Å². The van der Waals surface area contributed by atoms with Crippen molar-refractivity contribution in [2.24, 2.45) is 0 Å². The van der Waals surface area contributed by atoms with E-state index in [1.165, 1.54) is 23.5 Å². The fourth-order valence-electron chi connectivity index (χ4n) is 3.65. The zero-order valence-corrected chi connectivity index (χ0v) is 22.4. The maximum Gasteiger partial charge on any atom is 0.243 e. The van der Waals surface area contributed by atoms with E-state index in [0.29, 0.717) is 31.0 Å². The average Bonchev–Trinajstić information content (AvgIpc) is 3.42. The summed E-state index contributed by atoms with van der Waals surface area (Å²) in [5.74, 6) is 0.970. The monoisotopic (exact) mass is 532 g/mol. The van der Waals surface area contributed by atoms with Crippen LogP contribution in [-0.4, -0.2) is 71.1 Å². The summed E-state index contributed by atoms with van der Waals surface area (Å²) in [6.07, 6.45) is 0.570. The van der Waals surface area contributed by atoms with E-state index < -0.39 is 10.0 Å². The van der Waals surface area contributed by atoms with Crippen LogP contribution in [0.4, 0.5) is 0 Å². The molecule has 0 N–H and O–H groups in total. The molecule has 0 spiro atoms. The number of benzene rings is 2. The van der Waals surface area contributed by atoms with Crippen molar-refractivity contribution < 1.29 is 27.4 Å². The molecule has 0 aliphatic heterocycles. The number of hydrogen-bond donors (Lipinski definition) is 0. The van der Waals surface area contributed by atoms with E-state index >= 15 is 0 Å². The Kier molecular flexibility index (Phi) is 10.3. The van der Waals surface area contributed by atoms with Crippen molar-refractivity contribution in [2.75, 3.05) is 47.6 Å². The summed E-state index contributed by atoms with van der Waals surface area (Å²) in [6, 6.07) is 17.7. The second kappa shape index (κ2) is 13.4. The summed E-state index contributed by atoms with van der Waals surface area (Å²) >= 11 is 1.55. The van der Waals surface area contributed by atoms with Crippen LogP contribution >= 0.6 is 11.3 Å². The van der Waals surface area contributed by atoms with Crippen LogP contribution in [0.1, 0.15) is 10.4 Å². The number of sulfonamides is 1. The number of ether oxygens (including phenoxy) is 3. The number of carbonyl (C=O) groups is 1. The Morgan fingerprint density at radius 1 is 0.917 bits per heavy atom. The highest BCUT2D eigenvalue weighted by Gasteiger charge is 2.28. The summed E-state index contributed by atoms with van der Waals surface area (Å²) in [6.45, 7) is 0.777. The van der Waals surface area contributed by atoms with E-state index in [-0.39, 0.29) is 30.5 Å². The Morgan fingerprint density at radius 3 is 2.31 bits per heavy atom. The molecule has 1 aromatic heterocycles. The molecule has 0 bridgehead atoms. The summed E-state index contributed by atoms with van der Waals surface area (Å²) in [7, 11) is 0.792. The van der Waals surface area contributed by atoms with Gasteiger partial charge in [0.2, 0.25) is 15.9 Å². The molecule has 194 valence electrons. The summed E-state index contributed by atoms with van der Waals surface area (Å²) in [4.78, 5) is 16.4. The predicted molar refractivity (Wildman–Crippen MR) is 140 cm³/mol. The Labute approximate surface area is 217 Å². The Bertz CT molecular complexity index is 1200. The molecule has 0 saturated carbocycles. The predicted octanol–water partition coefficient (Wildman–Crippen LogP) is 3.67. The van der Waals surface area contributed by atoms with Gasteiger partial charge in [-0.3, -0.25) is 4.79 Å². The number of carbonyl (C=O) groups excluding carboxylic acids is 1. The number of hydrogen-bond acceptors (Lipinski definition) is 7. The zero-order valence-electron chi connectivity index (χ0n) is 20.8. The first kappa shape index (κ1) is 27.7. The SMILES string of the molecule is COCCN(CC(=O)N(CCc1ccc(OC)c(OC)c1)Cc1cccs1)S(=O)(=O)c1ccccc1. The lowest BCUT2D eigenvalue weighted by molar-refractivity contribution is -0.132. The van der Waals surface area contributed by atoms with Crippen LogP contribution in [0.25, 0.3) is 0 Å². The van der Waals surface area contributed by atoms with Gasteiger partial charge in [-0.2, -0.15) is 4.31 Å². The van der Waals surface area contributed by atoms with E-state index in [2.05, 4.69) is 0 Å². The van der Waals surface area contributed by atoms with E-state index in [0.717, 1.165) is 10.4 Å². The van der Waals surface area contributed by atoms with Crippen LogP contribution in [0, 0.1) is 0 Å². The minimum Gasteiger partial charge on any atom is -0.493 e. The van der Waals surface area contributed by atoms with Crippen LogP contribution in [0.3, 0.4) is 0 Å². The van der Waals surface area contributed by atoms with E-state index in [9.17, 15) is 13.2 Å². The Balaban J connectivity index is 1.80. The van der Waals surface area contributed by atoms with Gasteiger partial charge in [0.15, 0.2) is 11.5 Å². The van der Waals surface area contributed by atoms with Crippen molar-refractivity contribution in [3.63, 3.8) is 0 Å². The van der Waals surface area contributed by atoms with Gasteiger partial charge in [-0.25, -0.2) is 8.42 Å². The highest BCUT2D eigenvalue weighted by Crippen LogP contribution is 2.28. The molecule has 0 fully saturated rings. The molecular weight excluding hydrogens is 500 g/mol. The van der Waals surface area contributed by atoms with Gasteiger partial charge < -0.3 is 19.1 Å². The fraction of sp³-hybridized carbons (Fsp3) is 0.346. The summed E-state index contributed by atoms with van der Waals surface area (Å²) in [5.41, 5.74) is 0.977. The average molecular weight is 533 g/mol. The standard InChI is InChI=1S/C26H32N2O6S2/c1-32-16-15-28(36(30,31)23-9-5-4-6-10-23)20-26(29)27(19-22-8-7-17-35-22)14-13-21-11-12-24(33-2)25(18-21)34-3/h4-12,17-18H,13-16,19-20H2,1-3H3. The number of nitrogens with zero attached hydrogens (tertiary/aromatic N) is 2. The van der Waals surface area contributed by atoms with E-state index in [1.54, 1.807) is 48.7 Å². The Hall–Kier alpha value is -2.92. The molecule has 1 heterocycles. The smallest absolute Gasteiger partial charge is 0.243 e. The molecule has 10 heteroatoms. The minimum atomic E-state index is -3.87. The van der Waals surface area contributed by atoms with Crippen molar-refractivity contribution in [2.45, 2.75) is 17.9 Å². The van der Waals surface area contributed by atoms with Gasteiger partial charge in [-0.1, -0.05) is 30.3 Å². The normalized spacial score (nSPS) is 11.4. The third kappa shape index (κ3) is 7.30. The first-order valence-corrected chi connectivity index (χ1v) is 13.8. The molecule has 0 unspecified atom stereocenters. The zero-order chi connectivity index (χ0) is 26.0. The van der Waals surface area contributed by atoms with Gasteiger partial charge >= 0.3 is 0 Å². The second-order valence-electron chi connectivity index (χ2n) is 7.98. The number of amides is 1. The molecule has 0 radical (unpaired) electrons. The van der Waals surface area contributed by atoms with Crippen LogP contribution in [0.15, 0.2) is 70.9 Å². The lowest BCUT2D eigenvalue weighted by atomic mass is 10.1. The van der Waals surface area contributed by atoms with Gasteiger partial charge in [-0.05, 0) is 47.7 Å². The van der Waals surface area contributed by atoms with Crippen molar-refractivity contribution in [1.82, 2.24) is 9.21 Å². The fourth-order valence-corrected chi connectivity index (χ4v) is 5.77. The molecule has 36 heavy (non-hydrogen) atoms. The van der Waals surface area contributed by atoms with Gasteiger partial charge in [0.05, 0.1) is 38.8 Å². The van der Waals surface area contributed by atoms with Crippen molar-refractivity contribution in [1.29, 1.82) is 0 Å². The molecule has 0 aliphatic carbocycles. The first-order chi connectivity index (χ1) is 17.4. The highest BCUT2D eigenvalue weighted by molar-refractivity contribution is 7.89. The minimum absolute atomic E-state index is 0.0714. The van der Waals surface area contributed by atoms with Crippen LogP contribution in [-0.2, 0) is 32.5 Å². The quantitative estimate of drug-likeness (QED) is 0.315. The Morgan fingerprint density at radius 2 is 1.67 bits per heavy atom. The van der Waals surface area contributed by atoms with Gasteiger partial charge in [0.1, 0.15) is 0 Å². The maximum absolute atomic E-state index is 13.5. The molecular formula is C26H32N2O6S2. The number of rotatable bonds is 14. The molecule has 0 aliphatic rings. The molecule has 8 nitrogen and oxygen atoms in total. The van der Waals surface area contributed by atoms with E-state index in [1.807, 2.05) is 35.7 Å². The topological polar surface area (TPSA) is 85.4 Å². The molecule has 2 aromatic carbocycles. The second-order valence-corrected chi connectivity index (χ2v) is 10.9. The molecule has 3 rings (SSSR count). The van der Waals surface area contributed by atoms with Gasteiger partial charge in [0.25, 0.3) is 0 Å². The molecule has 1 amide bonds. The van der Waals surface area contributed by atoms with Crippen molar-refractivity contribution in [3.8, 4) is 11.5 Å². The number of methoxy groups -OCH3 is 3. The van der Waals surface area contributed by atoms with Crippen LogP contribution < -0.4 is 9.47 Å². The van der Waals surface area contributed by atoms with Crippen LogP contribution in [0.2, 0.25) is 0 Å². The maximum atomic E-state index is 13.5. The van der Waals surface area contributed by atoms with Crippen LogP contribution in [0.5, 0.6) is 11.5 Å². The van der Waals surface area contributed by atoms with Crippen molar-refractivity contribution >= 4 is 27.3 Å². The third-order valence-corrected chi connectivity index (χ3v) is 8.36. The molecule has 3 aromatic rings.